The van der Waals surface area contributed by atoms with Crippen LogP contribution in [-0.2, 0) is 0 Å². The van der Waals surface area contributed by atoms with E-state index in [1.54, 1.807) is 0 Å². The molecule has 0 spiro atoms. The molecule has 1 aromatic rings. The van der Waals surface area contributed by atoms with E-state index in [1.807, 2.05) is 26.8 Å². The Morgan fingerprint density at radius 1 is 1.62 bits per heavy atom. The van der Waals surface area contributed by atoms with Crippen LogP contribution in [0.2, 0.25) is 0 Å². The van der Waals surface area contributed by atoms with Gasteiger partial charge in [-0.3, -0.25) is 4.79 Å². The molecule has 4 nitrogen and oxygen atoms in total. The fourth-order valence-electron chi connectivity index (χ4n) is 0.840. The van der Waals surface area contributed by atoms with E-state index < -0.39 is 5.41 Å². The van der Waals surface area contributed by atoms with Crippen LogP contribution in [0, 0.1) is 16.7 Å². The molecule has 0 bridgehead atoms. The maximum atomic E-state index is 11.6. The lowest BCUT2D eigenvalue weighted by atomic mass is 9.96. The van der Waals surface area contributed by atoms with Gasteiger partial charge in [-0.15, -0.1) is 0 Å². The molecule has 68 valence electrons. The molecule has 0 amide bonds. The van der Waals surface area contributed by atoms with Gasteiger partial charge in [0.15, 0.2) is 5.69 Å². The Morgan fingerprint density at radius 2 is 2.23 bits per heavy atom. The molecule has 0 radical (unpaired) electrons. The number of nitriles is 1. The molecule has 0 unspecified atom stereocenters. The zero-order valence-corrected chi connectivity index (χ0v) is 7.90. The van der Waals surface area contributed by atoms with E-state index in [4.69, 9.17) is 5.26 Å². The van der Waals surface area contributed by atoms with Crippen LogP contribution in [0.15, 0.2) is 12.3 Å². The molecule has 0 aromatic carbocycles. The highest BCUT2D eigenvalue weighted by Gasteiger charge is 2.23. The molecule has 13 heavy (non-hydrogen) atoms. The van der Waals surface area contributed by atoms with E-state index in [0.29, 0.717) is 0 Å². The zero-order valence-electron chi connectivity index (χ0n) is 7.90. The predicted molar refractivity (Wildman–Crippen MR) is 47.0 cm³/mol. The van der Waals surface area contributed by atoms with E-state index in [-0.39, 0.29) is 11.6 Å². The fourth-order valence-corrected chi connectivity index (χ4v) is 0.840. The number of hydrogen-bond acceptors (Lipinski definition) is 3. The molecule has 0 fully saturated rings. The molecule has 1 aromatic heterocycles. The molecule has 1 rings (SSSR count). The lowest BCUT2D eigenvalue weighted by Gasteiger charge is -2.15. The Balaban J connectivity index is 2.98. The average molecular weight is 177 g/mol. The first-order valence-corrected chi connectivity index (χ1v) is 3.96. The lowest BCUT2D eigenvalue weighted by Crippen LogP contribution is -2.27. The monoisotopic (exact) mass is 177 g/mol. The Hall–Kier alpha value is -1.63. The van der Waals surface area contributed by atoms with Crippen LogP contribution in [-0.4, -0.2) is 15.7 Å². The van der Waals surface area contributed by atoms with Crippen molar-refractivity contribution in [3.63, 3.8) is 0 Å². The van der Waals surface area contributed by atoms with Crippen LogP contribution in [0.5, 0.6) is 0 Å². The van der Waals surface area contributed by atoms with Crippen LogP contribution in [0.3, 0.4) is 0 Å². The van der Waals surface area contributed by atoms with Crippen LogP contribution >= 0.6 is 0 Å². The van der Waals surface area contributed by atoms with Gasteiger partial charge in [-0.05, 0) is 6.07 Å². The summed E-state index contributed by atoms with van der Waals surface area (Å²) in [5.41, 5.74) is -0.212. The SMILES string of the molecule is CC(C)(C)C(=O)n1ccc(C#N)n1. The number of carbonyl (C=O) groups excluding carboxylic acids is 1. The molecule has 0 saturated heterocycles. The Labute approximate surface area is 76.8 Å². The molecular weight excluding hydrogens is 166 g/mol. The average Bonchev–Trinajstić information content (AvgIpc) is 2.48. The molecule has 0 aliphatic carbocycles. The molecule has 4 heteroatoms. The first-order chi connectivity index (χ1) is 5.95. The summed E-state index contributed by atoms with van der Waals surface area (Å²) >= 11 is 0. The van der Waals surface area contributed by atoms with Gasteiger partial charge in [-0.2, -0.15) is 10.4 Å². The highest BCUT2D eigenvalue weighted by Crippen LogP contribution is 2.15. The summed E-state index contributed by atoms with van der Waals surface area (Å²) in [6.45, 7) is 5.43. The Kier molecular flexibility index (Phi) is 2.20. The van der Waals surface area contributed by atoms with Crippen molar-refractivity contribution >= 4 is 5.91 Å². The maximum absolute atomic E-state index is 11.6. The molecule has 0 aliphatic rings. The number of carbonyl (C=O) groups is 1. The summed E-state index contributed by atoms with van der Waals surface area (Å²) in [7, 11) is 0. The second-order valence-corrected chi connectivity index (χ2v) is 3.81. The third kappa shape index (κ3) is 1.94. The quantitative estimate of drug-likeness (QED) is 0.602. The predicted octanol–water partition coefficient (Wildman–Crippen LogP) is 1.44. The number of aromatic nitrogens is 2. The van der Waals surface area contributed by atoms with Gasteiger partial charge in [0.25, 0.3) is 5.91 Å². The fraction of sp³-hybridized carbons (Fsp3) is 0.444. The minimum Gasteiger partial charge on any atom is -0.272 e. The van der Waals surface area contributed by atoms with Crippen molar-refractivity contribution < 1.29 is 4.79 Å². The van der Waals surface area contributed by atoms with E-state index in [2.05, 4.69) is 5.10 Å². The minimum absolute atomic E-state index is 0.117. The van der Waals surface area contributed by atoms with Crippen molar-refractivity contribution in [2.75, 3.05) is 0 Å². The van der Waals surface area contributed by atoms with Gasteiger partial charge in [0.2, 0.25) is 0 Å². The minimum atomic E-state index is -0.473. The summed E-state index contributed by atoms with van der Waals surface area (Å²) in [5.74, 6) is -0.117. The third-order valence-electron chi connectivity index (χ3n) is 1.55. The molecular formula is C9H11N3O. The molecule has 0 aliphatic heterocycles. The van der Waals surface area contributed by atoms with Crippen molar-refractivity contribution in [3.05, 3.63) is 18.0 Å². The number of hydrogen-bond donors (Lipinski definition) is 0. The van der Waals surface area contributed by atoms with Crippen molar-refractivity contribution in [2.45, 2.75) is 20.8 Å². The van der Waals surface area contributed by atoms with Crippen LogP contribution in [0.25, 0.3) is 0 Å². The first kappa shape index (κ1) is 9.46. The maximum Gasteiger partial charge on any atom is 0.252 e. The van der Waals surface area contributed by atoms with Crippen LogP contribution < -0.4 is 0 Å². The topological polar surface area (TPSA) is 58.7 Å². The van der Waals surface area contributed by atoms with Gasteiger partial charge in [0.1, 0.15) is 6.07 Å². The van der Waals surface area contributed by atoms with Gasteiger partial charge < -0.3 is 0 Å². The van der Waals surface area contributed by atoms with E-state index in [9.17, 15) is 4.79 Å². The highest BCUT2D eigenvalue weighted by atomic mass is 16.2. The van der Waals surface area contributed by atoms with E-state index >= 15 is 0 Å². The van der Waals surface area contributed by atoms with Crippen molar-refractivity contribution in [3.8, 4) is 6.07 Å². The van der Waals surface area contributed by atoms with Crippen LogP contribution in [0.1, 0.15) is 31.3 Å². The second-order valence-electron chi connectivity index (χ2n) is 3.81. The summed E-state index contributed by atoms with van der Waals surface area (Å²) in [5, 5.41) is 12.3. The van der Waals surface area contributed by atoms with Crippen LogP contribution in [0.4, 0.5) is 0 Å². The zero-order chi connectivity index (χ0) is 10.1. The highest BCUT2D eigenvalue weighted by molar-refractivity contribution is 5.83. The van der Waals surface area contributed by atoms with Crippen molar-refractivity contribution in [1.82, 2.24) is 9.78 Å². The Bertz CT molecular complexity index is 365. The summed E-state index contributed by atoms with van der Waals surface area (Å²) in [6.07, 6.45) is 1.51. The molecule has 0 atom stereocenters. The van der Waals surface area contributed by atoms with Gasteiger partial charge in [0, 0.05) is 11.6 Å². The number of rotatable bonds is 0. The first-order valence-electron chi connectivity index (χ1n) is 3.96. The normalized spacial score (nSPS) is 10.9. The summed E-state index contributed by atoms with van der Waals surface area (Å²) in [4.78, 5) is 11.6. The van der Waals surface area contributed by atoms with E-state index in [1.165, 1.54) is 16.9 Å². The third-order valence-corrected chi connectivity index (χ3v) is 1.55. The van der Waals surface area contributed by atoms with E-state index in [0.717, 1.165) is 0 Å². The summed E-state index contributed by atoms with van der Waals surface area (Å²) < 4.78 is 1.21. The second kappa shape index (κ2) is 3.02. The van der Waals surface area contributed by atoms with Gasteiger partial charge >= 0.3 is 0 Å². The Morgan fingerprint density at radius 3 is 2.62 bits per heavy atom. The smallest absolute Gasteiger partial charge is 0.252 e. The molecule has 0 saturated carbocycles. The van der Waals surface area contributed by atoms with Gasteiger partial charge in [0.05, 0.1) is 0 Å². The largest absolute Gasteiger partial charge is 0.272 e. The van der Waals surface area contributed by atoms with Crippen molar-refractivity contribution in [2.24, 2.45) is 5.41 Å². The van der Waals surface area contributed by atoms with Crippen molar-refractivity contribution in [1.29, 1.82) is 5.26 Å². The number of nitrogens with zero attached hydrogens (tertiary/aromatic N) is 3. The molecule has 0 N–H and O–H groups in total. The standard InChI is InChI=1S/C9H11N3O/c1-9(2,3)8(13)12-5-4-7(6-10)11-12/h4-5H,1-3H3. The van der Waals surface area contributed by atoms with Gasteiger partial charge in [-0.25, -0.2) is 4.68 Å². The summed E-state index contributed by atoms with van der Waals surface area (Å²) in [6, 6.07) is 3.39. The lowest BCUT2D eigenvalue weighted by molar-refractivity contribution is 0.0748. The van der Waals surface area contributed by atoms with Gasteiger partial charge in [-0.1, -0.05) is 20.8 Å². The molecule has 1 heterocycles.